The minimum absolute atomic E-state index is 0.0178. The van der Waals surface area contributed by atoms with Crippen molar-refractivity contribution >= 4 is 35.1 Å². The molecule has 5 atom stereocenters. The fraction of sp³-hybridized carbons (Fsp3) is 0.559. The molecule has 2 aromatic rings. The normalized spacial score (nSPS) is 29.4. The zero-order valence-electron chi connectivity index (χ0n) is 24.3. The second-order valence-corrected chi connectivity index (χ2v) is 13.8. The molecule has 2 aliphatic carbocycles. The maximum Gasteiger partial charge on any atom is 0.261 e. The van der Waals surface area contributed by atoms with Crippen molar-refractivity contribution in [3.63, 3.8) is 0 Å². The third-order valence-corrected chi connectivity index (χ3v) is 11.0. The Hall–Kier alpha value is -2.15. The first kappa shape index (κ1) is 28.9. The highest BCUT2D eigenvalue weighted by Gasteiger charge is 2.39. The van der Waals surface area contributed by atoms with Crippen LogP contribution in [0.25, 0.3) is 0 Å². The summed E-state index contributed by atoms with van der Waals surface area (Å²) in [6.45, 7) is 4.57. The molecule has 6 rings (SSSR count). The molecule has 220 valence electrons. The smallest absolute Gasteiger partial charge is 0.261 e. The molecule has 0 spiro atoms. The van der Waals surface area contributed by atoms with E-state index in [-0.39, 0.29) is 17.9 Å². The number of rotatable bonds is 5. The monoisotopic (exact) mass is 594 g/mol. The van der Waals surface area contributed by atoms with Crippen molar-refractivity contribution < 1.29 is 14.3 Å². The van der Waals surface area contributed by atoms with Gasteiger partial charge in [0, 0.05) is 42.0 Å². The van der Waals surface area contributed by atoms with Gasteiger partial charge in [0.15, 0.2) is 0 Å². The number of nitrogens with zero attached hydrogens (tertiary/aromatic N) is 1. The molecule has 2 aromatic carbocycles. The zero-order valence-corrected chi connectivity index (χ0v) is 25.9. The minimum atomic E-state index is -0.0178. The Morgan fingerprint density at radius 3 is 2.68 bits per heavy atom. The highest BCUT2D eigenvalue weighted by Crippen LogP contribution is 2.44. The van der Waals surface area contributed by atoms with Crippen LogP contribution in [0.4, 0.5) is 5.69 Å². The zero-order chi connectivity index (χ0) is 28.3. The topological polar surface area (TPSA) is 50.8 Å². The van der Waals surface area contributed by atoms with E-state index in [0.717, 1.165) is 55.2 Å². The van der Waals surface area contributed by atoms with E-state index in [0.29, 0.717) is 35.2 Å². The Balaban J connectivity index is 1.34. The van der Waals surface area contributed by atoms with E-state index in [1.807, 2.05) is 25.3 Å². The molecule has 2 saturated carbocycles. The van der Waals surface area contributed by atoms with Crippen molar-refractivity contribution in [1.29, 1.82) is 0 Å². The van der Waals surface area contributed by atoms with Crippen molar-refractivity contribution in [3.05, 3.63) is 70.3 Å². The highest BCUT2D eigenvalue weighted by molar-refractivity contribution is 7.98. The summed E-state index contributed by atoms with van der Waals surface area (Å²) in [5, 5.41) is 1.24. The average Bonchev–Trinajstić information content (AvgIpc) is 3.81. The molecule has 0 saturated heterocycles. The van der Waals surface area contributed by atoms with Crippen molar-refractivity contribution in [3.8, 4) is 5.75 Å². The predicted molar refractivity (Wildman–Crippen MR) is 169 cm³/mol. The molecule has 5 nitrogen and oxygen atoms in total. The SMILES string of the molecule is CCCc1cc(Cl)ccc1C1COc2ccc3cc2N(C1)CC1CCC1C(OC)/C=C/CCC(C1CC1)SNC3=O. The number of anilines is 1. The number of hydrogen-bond acceptors (Lipinski definition) is 5. The lowest BCUT2D eigenvalue weighted by molar-refractivity contribution is 0.0134. The third kappa shape index (κ3) is 6.60. The van der Waals surface area contributed by atoms with Gasteiger partial charge in [-0.2, -0.15) is 0 Å². The van der Waals surface area contributed by atoms with E-state index in [9.17, 15) is 4.79 Å². The molecular formula is C34H43ClN2O3S. The van der Waals surface area contributed by atoms with Crippen molar-refractivity contribution in [1.82, 2.24) is 4.72 Å². The lowest BCUT2D eigenvalue weighted by Crippen LogP contribution is -2.44. The summed E-state index contributed by atoms with van der Waals surface area (Å²) in [7, 11) is 1.86. The van der Waals surface area contributed by atoms with Crippen molar-refractivity contribution in [2.75, 3.05) is 31.7 Å². The fourth-order valence-electron chi connectivity index (χ4n) is 6.93. The van der Waals surface area contributed by atoms with Gasteiger partial charge < -0.3 is 14.4 Å². The molecular weight excluding hydrogens is 552 g/mol. The number of carbonyl (C=O) groups excluding carboxylic acids is 1. The lowest BCUT2D eigenvalue weighted by atomic mass is 9.70. The first-order valence-electron chi connectivity index (χ1n) is 15.5. The van der Waals surface area contributed by atoms with Crippen LogP contribution in [0.1, 0.15) is 79.3 Å². The number of fused-ring (bicyclic) bond motifs is 2. The number of carbonyl (C=O) groups is 1. The van der Waals surface area contributed by atoms with Crippen LogP contribution in [0.3, 0.4) is 0 Å². The van der Waals surface area contributed by atoms with Gasteiger partial charge in [0.1, 0.15) is 5.75 Å². The molecule has 2 fully saturated rings. The fourth-order valence-corrected chi connectivity index (χ4v) is 8.22. The molecule has 0 aromatic heterocycles. The van der Waals surface area contributed by atoms with Gasteiger partial charge in [-0.1, -0.05) is 43.2 Å². The summed E-state index contributed by atoms with van der Waals surface area (Å²) in [5.74, 6) is 2.78. The summed E-state index contributed by atoms with van der Waals surface area (Å²) < 4.78 is 15.8. The second-order valence-electron chi connectivity index (χ2n) is 12.3. The van der Waals surface area contributed by atoms with Crippen LogP contribution in [0.5, 0.6) is 5.75 Å². The summed E-state index contributed by atoms with van der Waals surface area (Å²) in [6.07, 6.45) is 13.8. The number of allylic oxidation sites excluding steroid dienone is 1. The van der Waals surface area contributed by atoms with Crippen LogP contribution in [-0.2, 0) is 11.2 Å². The van der Waals surface area contributed by atoms with Gasteiger partial charge in [0.2, 0.25) is 0 Å². The van der Waals surface area contributed by atoms with Gasteiger partial charge >= 0.3 is 0 Å². The number of hydrogen-bond donors (Lipinski definition) is 1. The number of amides is 1. The molecule has 2 aliphatic heterocycles. The van der Waals surface area contributed by atoms with Gasteiger partial charge in [-0.25, -0.2) is 0 Å². The maximum absolute atomic E-state index is 13.4. The summed E-state index contributed by atoms with van der Waals surface area (Å²) in [5.41, 5.74) is 4.35. The van der Waals surface area contributed by atoms with Crippen molar-refractivity contribution in [2.24, 2.45) is 17.8 Å². The number of ether oxygens (including phenoxy) is 2. The van der Waals surface area contributed by atoms with Crippen LogP contribution >= 0.6 is 23.5 Å². The molecule has 1 N–H and O–H groups in total. The van der Waals surface area contributed by atoms with Crippen molar-refractivity contribution in [2.45, 2.75) is 75.6 Å². The Kier molecular flexibility index (Phi) is 9.19. The number of benzene rings is 2. The van der Waals surface area contributed by atoms with E-state index in [4.69, 9.17) is 21.1 Å². The van der Waals surface area contributed by atoms with E-state index in [1.165, 1.54) is 36.8 Å². The van der Waals surface area contributed by atoms with Crippen LogP contribution < -0.4 is 14.4 Å². The van der Waals surface area contributed by atoms with Gasteiger partial charge in [0.05, 0.1) is 18.4 Å². The van der Waals surface area contributed by atoms with E-state index in [1.54, 1.807) is 11.9 Å². The van der Waals surface area contributed by atoms with E-state index < -0.39 is 0 Å². The number of nitrogens with one attached hydrogen (secondary N) is 1. The maximum atomic E-state index is 13.4. The second kappa shape index (κ2) is 13.0. The van der Waals surface area contributed by atoms with Gasteiger partial charge in [0.25, 0.3) is 5.91 Å². The summed E-state index contributed by atoms with van der Waals surface area (Å²) >= 11 is 8.04. The molecule has 7 heteroatoms. The minimum Gasteiger partial charge on any atom is -0.491 e. The summed E-state index contributed by atoms with van der Waals surface area (Å²) in [4.78, 5) is 15.9. The molecule has 0 radical (unpaired) electrons. The molecule has 5 unspecified atom stereocenters. The molecule has 2 heterocycles. The van der Waals surface area contributed by atoms with Crippen LogP contribution in [0.15, 0.2) is 48.6 Å². The highest BCUT2D eigenvalue weighted by atomic mass is 35.5. The average molecular weight is 595 g/mol. The third-order valence-electron chi connectivity index (χ3n) is 9.53. The molecule has 2 bridgehead atoms. The van der Waals surface area contributed by atoms with E-state index in [2.05, 4.69) is 46.9 Å². The predicted octanol–water partition coefficient (Wildman–Crippen LogP) is 7.82. The molecule has 4 aliphatic rings. The Labute approximate surface area is 254 Å². The standard InChI is InChI=1S/C34H43ClN2O3S/c1-3-6-23-17-27(35)13-15-28(23)26-20-37-19-25-11-14-29(25)31(39-2)7-4-5-8-33(22-9-10-22)41-36-34(38)24-12-16-32(40-21-26)30(37)18-24/h4,7,12-13,15-18,22,25-26,29,31,33H,3,5-6,8-11,14,19-21H2,1-2H3,(H,36,38)/b7-4+. The summed E-state index contributed by atoms with van der Waals surface area (Å²) in [6, 6.07) is 12.3. The number of methoxy groups -OCH3 is 1. The van der Waals surface area contributed by atoms with Crippen LogP contribution in [0.2, 0.25) is 5.02 Å². The van der Waals surface area contributed by atoms with Crippen LogP contribution in [0, 0.1) is 17.8 Å². The van der Waals surface area contributed by atoms with Gasteiger partial charge in [-0.3, -0.25) is 9.52 Å². The first-order valence-corrected chi connectivity index (χ1v) is 16.7. The van der Waals surface area contributed by atoms with Gasteiger partial charge in [-0.05, 0) is 116 Å². The first-order chi connectivity index (χ1) is 20.0. The number of halogens is 1. The Bertz CT molecular complexity index is 1260. The largest absolute Gasteiger partial charge is 0.491 e. The number of aryl methyl sites for hydroxylation is 1. The van der Waals surface area contributed by atoms with Crippen LogP contribution in [-0.4, -0.2) is 44.1 Å². The lowest BCUT2D eigenvalue weighted by Gasteiger charge is -2.43. The van der Waals surface area contributed by atoms with Gasteiger partial charge in [-0.15, -0.1) is 0 Å². The molecule has 1 amide bonds. The van der Waals surface area contributed by atoms with E-state index >= 15 is 0 Å². The molecule has 41 heavy (non-hydrogen) atoms. The quantitative estimate of drug-likeness (QED) is 0.282. The Morgan fingerprint density at radius 1 is 1.07 bits per heavy atom. The Morgan fingerprint density at radius 2 is 1.93 bits per heavy atom.